The van der Waals surface area contributed by atoms with Crippen molar-refractivity contribution in [2.75, 3.05) is 0 Å². The number of unbranched alkanes of at least 4 members (excludes halogenated alkanes) is 15. The first-order chi connectivity index (χ1) is 14.5. The van der Waals surface area contributed by atoms with Gasteiger partial charge in [0.15, 0.2) is 0 Å². The average Bonchev–Trinajstić information content (AvgIpc) is 2.73. The van der Waals surface area contributed by atoms with Gasteiger partial charge >= 0.3 is 0 Å². The summed E-state index contributed by atoms with van der Waals surface area (Å²) in [5.41, 5.74) is 0.285. The molecule has 0 saturated heterocycles. The number of benzene rings is 1. The van der Waals surface area contributed by atoms with Gasteiger partial charge in [-0.1, -0.05) is 103 Å². The maximum atomic E-state index is 10.9. The van der Waals surface area contributed by atoms with Gasteiger partial charge in [-0.15, -0.1) is 0 Å². The van der Waals surface area contributed by atoms with E-state index in [4.69, 9.17) is 0 Å². The molecule has 0 N–H and O–H groups in total. The number of nitro groups is 2. The van der Waals surface area contributed by atoms with Crippen LogP contribution in [0.15, 0.2) is 18.2 Å². The lowest BCUT2D eigenvalue weighted by molar-refractivity contribution is -0.394. The molecule has 0 aromatic heterocycles. The Hall–Kier alpha value is -1.98. The number of non-ortho nitro benzene ring substituents is 2. The van der Waals surface area contributed by atoms with Crippen molar-refractivity contribution < 1.29 is 9.85 Å². The quantitative estimate of drug-likeness (QED) is 0.128. The topological polar surface area (TPSA) is 86.3 Å². The molecule has 0 aliphatic rings. The molecule has 0 spiro atoms. The highest BCUT2D eigenvalue weighted by atomic mass is 16.6. The second-order valence-electron chi connectivity index (χ2n) is 8.43. The van der Waals surface area contributed by atoms with Gasteiger partial charge in [0.25, 0.3) is 11.4 Å². The molecule has 0 saturated carbocycles. The molecule has 0 radical (unpaired) electrons. The molecule has 0 bridgehead atoms. The molecule has 170 valence electrons. The molecule has 1 aromatic rings. The molecule has 1 aromatic carbocycles. The van der Waals surface area contributed by atoms with E-state index in [0.29, 0.717) is 12.0 Å². The van der Waals surface area contributed by atoms with E-state index in [2.05, 4.69) is 6.92 Å². The monoisotopic (exact) mass is 420 g/mol. The fourth-order valence-electron chi connectivity index (χ4n) is 3.89. The van der Waals surface area contributed by atoms with Gasteiger partial charge in [0.1, 0.15) is 0 Å². The van der Waals surface area contributed by atoms with E-state index in [1.54, 1.807) is 0 Å². The van der Waals surface area contributed by atoms with Gasteiger partial charge in [-0.05, 0) is 18.4 Å². The third-order valence-electron chi connectivity index (χ3n) is 5.70. The number of hydrogen-bond acceptors (Lipinski definition) is 4. The van der Waals surface area contributed by atoms with Crippen molar-refractivity contribution >= 4 is 11.4 Å². The lowest BCUT2D eigenvalue weighted by atomic mass is 10.0. The maximum absolute atomic E-state index is 10.9. The lowest BCUT2D eigenvalue weighted by Crippen LogP contribution is -1.96. The van der Waals surface area contributed by atoms with Crippen LogP contribution in [0.2, 0.25) is 0 Å². The summed E-state index contributed by atoms with van der Waals surface area (Å²) < 4.78 is 0. The van der Waals surface area contributed by atoms with Gasteiger partial charge in [-0.25, -0.2) is 0 Å². The molecule has 0 atom stereocenters. The minimum atomic E-state index is -0.565. The first kappa shape index (κ1) is 26.1. The van der Waals surface area contributed by atoms with Gasteiger partial charge in [-0.3, -0.25) is 20.2 Å². The SMILES string of the molecule is CCCCCCCCCCCCCCCCCCc1cc([N+](=O)[O-])cc([N+](=O)[O-])c1. The molecule has 0 aliphatic heterocycles. The molecule has 1 rings (SSSR count). The Labute approximate surface area is 181 Å². The first-order valence-electron chi connectivity index (χ1n) is 12.0. The van der Waals surface area contributed by atoms with E-state index in [1.807, 2.05) is 0 Å². The summed E-state index contributed by atoms with van der Waals surface area (Å²) in [7, 11) is 0. The number of nitrogens with zero attached hydrogens (tertiary/aromatic N) is 2. The molecule has 0 fully saturated rings. The predicted octanol–water partition coefficient (Wildman–Crippen LogP) is 8.31. The average molecular weight is 421 g/mol. The first-order valence-corrected chi connectivity index (χ1v) is 12.0. The lowest BCUT2D eigenvalue weighted by Gasteiger charge is -2.04. The van der Waals surface area contributed by atoms with E-state index in [-0.39, 0.29) is 11.4 Å². The Morgan fingerprint density at radius 2 is 0.900 bits per heavy atom. The Morgan fingerprint density at radius 3 is 1.23 bits per heavy atom. The third-order valence-corrected chi connectivity index (χ3v) is 5.70. The Morgan fingerprint density at radius 1 is 0.567 bits per heavy atom. The minimum Gasteiger partial charge on any atom is -0.258 e. The summed E-state index contributed by atoms with van der Waals surface area (Å²) in [6.45, 7) is 2.26. The maximum Gasteiger partial charge on any atom is 0.276 e. The summed E-state index contributed by atoms with van der Waals surface area (Å²) in [5, 5.41) is 21.9. The van der Waals surface area contributed by atoms with Crippen LogP contribution < -0.4 is 0 Å². The van der Waals surface area contributed by atoms with Crippen LogP contribution in [0.25, 0.3) is 0 Å². The molecular formula is C24H40N2O4. The zero-order valence-electron chi connectivity index (χ0n) is 18.8. The van der Waals surface area contributed by atoms with Gasteiger partial charge in [0.05, 0.1) is 15.9 Å². The van der Waals surface area contributed by atoms with E-state index in [0.717, 1.165) is 25.3 Å². The van der Waals surface area contributed by atoms with Crippen LogP contribution in [0.1, 0.15) is 115 Å². The van der Waals surface area contributed by atoms with Crippen LogP contribution in [0.3, 0.4) is 0 Å². The van der Waals surface area contributed by atoms with Gasteiger partial charge in [0, 0.05) is 12.1 Å². The number of aryl methyl sites for hydroxylation is 1. The Kier molecular flexibility index (Phi) is 14.6. The summed E-state index contributed by atoms with van der Waals surface area (Å²) in [6.07, 6.45) is 21.4. The van der Waals surface area contributed by atoms with Crippen molar-refractivity contribution in [2.24, 2.45) is 0 Å². The fourth-order valence-corrected chi connectivity index (χ4v) is 3.89. The fraction of sp³-hybridized carbons (Fsp3) is 0.750. The normalized spacial score (nSPS) is 11.0. The number of nitro benzene ring substituents is 2. The summed E-state index contributed by atoms with van der Waals surface area (Å²) in [4.78, 5) is 20.7. The third kappa shape index (κ3) is 12.6. The summed E-state index contributed by atoms with van der Waals surface area (Å²) in [5.74, 6) is 0. The summed E-state index contributed by atoms with van der Waals surface area (Å²) >= 11 is 0. The number of rotatable bonds is 19. The van der Waals surface area contributed by atoms with E-state index in [9.17, 15) is 20.2 Å². The molecule has 0 unspecified atom stereocenters. The van der Waals surface area contributed by atoms with Crippen molar-refractivity contribution in [3.63, 3.8) is 0 Å². The molecule has 0 amide bonds. The molecule has 0 heterocycles. The highest BCUT2D eigenvalue weighted by Gasteiger charge is 2.16. The molecule has 6 heteroatoms. The largest absolute Gasteiger partial charge is 0.276 e. The molecular weight excluding hydrogens is 380 g/mol. The van der Waals surface area contributed by atoms with Crippen molar-refractivity contribution in [1.29, 1.82) is 0 Å². The molecule has 6 nitrogen and oxygen atoms in total. The van der Waals surface area contributed by atoms with Gasteiger partial charge in [0.2, 0.25) is 0 Å². The van der Waals surface area contributed by atoms with Crippen LogP contribution in [0.4, 0.5) is 11.4 Å². The zero-order chi connectivity index (χ0) is 22.0. The van der Waals surface area contributed by atoms with E-state index in [1.165, 1.54) is 95.6 Å². The van der Waals surface area contributed by atoms with Crippen molar-refractivity contribution in [2.45, 2.75) is 116 Å². The van der Waals surface area contributed by atoms with Gasteiger partial charge < -0.3 is 0 Å². The summed E-state index contributed by atoms with van der Waals surface area (Å²) in [6, 6.07) is 3.94. The second-order valence-corrected chi connectivity index (χ2v) is 8.43. The zero-order valence-corrected chi connectivity index (χ0v) is 18.8. The number of hydrogen-bond donors (Lipinski definition) is 0. The molecule has 30 heavy (non-hydrogen) atoms. The highest BCUT2D eigenvalue weighted by Crippen LogP contribution is 2.24. The predicted molar refractivity (Wildman–Crippen MR) is 123 cm³/mol. The van der Waals surface area contributed by atoms with E-state index < -0.39 is 9.85 Å². The Bertz CT molecular complexity index is 587. The van der Waals surface area contributed by atoms with Crippen LogP contribution >= 0.6 is 0 Å². The van der Waals surface area contributed by atoms with Crippen LogP contribution in [0.5, 0.6) is 0 Å². The standard InChI is InChI=1S/C24H40N2O4/c1-2-3-4-5-6-7-8-9-10-11-12-13-14-15-16-17-18-22-19-23(25(27)28)21-24(20-22)26(29)30/h19-21H,2-18H2,1H3. The van der Waals surface area contributed by atoms with Gasteiger partial charge in [-0.2, -0.15) is 0 Å². The minimum absolute atomic E-state index is 0.198. The van der Waals surface area contributed by atoms with Crippen LogP contribution in [-0.2, 0) is 6.42 Å². The van der Waals surface area contributed by atoms with Crippen molar-refractivity contribution in [3.05, 3.63) is 44.0 Å². The van der Waals surface area contributed by atoms with Crippen molar-refractivity contribution in [1.82, 2.24) is 0 Å². The second kappa shape index (κ2) is 16.8. The van der Waals surface area contributed by atoms with Crippen LogP contribution in [0, 0.1) is 20.2 Å². The smallest absolute Gasteiger partial charge is 0.258 e. The van der Waals surface area contributed by atoms with E-state index >= 15 is 0 Å². The molecule has 0 aliphatic carbocycles. The Balaban J connectivity index is 2.00. The van der Waals surface area contributed by atoms with Crippen molar-refractivity contribution in [3.8, 4) is 0 Å². The van der Waals surface area contributed by atoms with Crippen LogP contribution in [-0.4, -0.2) is 9.85 Å². The highest BCUT2D eigenvalue weighted by molar-refractivity contribution is 5.46.